The van der Waals surface area contributed by atoms with E-state index in [2.05, 4.69) is 140 Å². The van der Waals surface area contributed by atoms with Gasteiger partial charge in [-0.25, -0.2) is 14.4 Å². The molecular formula is C85H102Cl3N9O8S3. The normalized spacial score (nSPS) is 14.8. The number of benzene rings is 3. The molecule has 0 aliphatic carbocycles. The summed E-state index contributed by atoms with van der Waals surface area (Å²) in [5.74, 6) is -1.00. The summed E-state index contributed by atoms with van der Waals surface area (Å²) < 4.78 is 10.5. The number of carboxylic acid groups (broad SMARTS) is 1. The number of nitrogens with zero attached hydrogens (tertiary/aromatic N) is 5. The van der Waals surface area contributed by atoms with E-state index in [1.54, 1.807) is 58.3 Å². The molecule has 3 aromatic carbocycles. The predicted molar refractivity (Wildman–Crippen MR) is 444 cm³/mol. The third kappa shape index (κ3) is 24.0. The Morgan fingerprint density at radius 1 is 0.444 bits per heavy atom. The van der Waals surface area contributed by atoms with Gasteiger partial charge < -0.3 is 46.1 Å². The number of carboxylic acids is 1. The minimum absolute atomic E-state index is 0.00119. The van der Waals surface area contributed by atoms with Gasteiger partial charge in [0, 0.05) is 154 Å². The van der Waals surface area contributed by atoms with Gasteiger partial charge in [0.1, 0.15) is 11.2 Å². The molecule has 12 rings (SSSR count). The maximum atomic E-state index is 13.2. The Hall–Kier alpha value is -8.05. The van der Waals surface area contributed by atoms with Crippen LogP contribution in [0.1, 0.15) is 191 Å². The van der Waals surface area contributed by atoms with Crippen molar-refractivity contribution in [1.82, 2.24) is 40.7 Å². The highest BCUT2D eigenvalue weighted by atomic mass is 35.5. The van der Waals surface area contributed by atoms with Gasteiger partial charge in [-0.2, -0.15) is 0 Å². The third-order valence-corrected chi connectivity index (χ3v) is 22.1. The smallest absolute Gasteiger partial charge is 0.407 e. The number of piperidine rings is 3. The van der Waals surface area contributed by atoms with Gasteiger partial charge in [-0.1, -0.05) is 115 Å². The number of halogens is 3. The molecule has 0 spiro atoms. The Morgan fingerprint density at radius 3 is 1.07 bits per heavy atom. The number of aromatic carboxylic acids is 1. The first-order valence-corrected chi connectivity index (χ1v) is 40.4. The van der Waals surface area contributed by atoms with Crippen molar-refractivity contribution in [1.29, 1.82) is 0 Å². The number of carbonyl (C=O) groups excluding carboxylic acids is 4. The van der Waals surface area contributed by atoms with E-state index in [0.29, 0.717) is 65.2 Å². The van der Waals surface area contributed by atoms with E-state index in [0.717, 1.165) is 116 Å². The standard InChI is InChI=1S/C30H36ClN3O3S.C25H28ClN3OS.C20H18ClNO2S.C10H20N2O2/c1-29(2,3)26-17-19(9-12-32-26)25-16-21(18-38-25)23-8-7-20(15-24(23)31)27(35)34-13-10-22(11-14-34)33-28(36)37-30(4,5)6;1-25(2,3)23-14-16(6-9-28-23)22-13-18(15-31-22)20-5-4-17(12-21(20)26)24(30)29-10-7-19(27)8-11-29;1-20(2,3)18-10-12(6-7-22-18)17-9-14(11-25-17)15-5-4-13(19(23)24)8-16(15)21;1-10(2,3)14-9(13)12-8-4-6-11-7-5-8/h7-9,12,15-18,22H,10-11,13-14H2,1-6H3,(H,33,36);4-6,9,12-15,19H,7-8,10-11,27H2,1-3H3;4-11H,1-3H3,(H,23,24);8,11H,4-7H2,1-3H3,(H,12,13). The van der Waals surface area contributed by atoms with Crippen molar-refractivity contribution in [3.63, 3.8) is 0 Å². The maximum absolute atomic E-state index is 13.2. The van der Waals surface area contributed by atoms with Crippen LogP contribution in [0.15, 0.2) is 144 Å². The number of thiophene rings is 3. The monoisotopic (exact) mass is 1580 g/mol. The molecule has 9 aromatic rings. The van der Waals surface area contributed by atoms with Crippen LogP contribution in [0.25, 0.3) is 64.7 Å². The number of rotatable bonds is 11. The molecule has 0 radical (unpaired) electrons. The molecular weight excluding hydrogens is 1480 g/mol. The largest absolute Gasteiger partial charge is 0.478 e. The van der Waals surface area contributed by atoms with Gasteiger partial charge in [-0.15, -0.1) is 34.0 Å². The molecule has 3 aliphatic heterocycles. The van der Waals surface area contributed by atoms with Gasteiger partial charge in [0.05, 0.1) is 5.56 Å². The number of likely N-dealkylation sites (tertiary alicyclic amines) is 2. The number of nitrogens with one attached hydrogen (secondary N) is 3. The number of aromatic nitrogens is 3. The van der Waals surface area contributed by atoms with Crippen LogP contribution in [0.2, 0.25) is 15.1 Å². The number of amides is 4. The Morgan fingerprint density at radius 2 is 0.759 bits per heavy atom. The van der Waals surface area contributed by atoms with Gasteiger partial charge >= 0.3 is 18.2 Å². The predicted octanol–water partition coefficient (Wildman–Crippen LogP) is 20.9. The molecule has 3 aliphatic rings. The zero-order valence-electron chi connectivity index (χ0n) is 64.6. The molecule has 6 N–H and O–H groups in total. The molecule has 9 heterocycles. The molecule has 3 fully saturated rings. The number of hydrogen-bond donors (Lipinski definition) is 5. The average Bonchev–Trinajstić information content (AvgIpc) is 1.75. The van der Waals surface area contributed by atoms with E-state index < -0.39 is 23.3 Å². The second-order valence-corrected chi connectivity index (χ2v) is 36.5. The van der Waals surface area contributed by atoms with Gasteiger partial charge in [-0.3, -0.25) is 24.5 Å². The van der Waals surface area contributed by atoms with E-state index in [9.17, 15) is 24.0 Å². The number of ether oxygens (including phenoxy) is 2. The topological polar surface area (TPSA) is 231 Å². The molecule has 17 nitrogen and oxygen atoms in total. The van der Waals surface area contributed by atoms with Crippen molar-refractivity contribution in [3.05, 3.63) is 193 Å². The van der Waals surface area contributed by atoms with E-state index in [4.69, 9.17) is 55.1 Å². The van der Waals surface area contributed by atoms with Gasteiger partial charge in [-0.05, 0) is 234 Å². The van der Waals surface area contributed by atoms with Crippen LogP contribution in [-0.4, -0.2) is 128 Å². The highest BCUT2D eigenvalue weighted by Crippen LogP contribution is 2.41. The Bertz CT molecular complexity index is 4610. The van der Waals surface area contributed by atoms with Gasteiger partial charge in [0.2, 0.25) is 0 Å². The van der Waals surface area contributed by atoms with E-state index in [-0.39, 0.29) is 57.8 Å². The highest BCUT2D eigenvalue weighted by molar-refractivity contribution is 7.14. The zero-order chi connectivity index (χ0) is 78.6. The summed E-state index contributed by atoms with van der Waals surface area (Å²) in [7, 11) is 0. The summed E-state index contributed by atoms with van der Waals surface area (Å²) in [5, 5.41) is 25.9. The number of pyridine rings is 3. The van der Waals surface area contributed by atoms with Crippen LogP contribution in [0.3, 0.4) is 0 Å². The number of carbonyl (C=O) groups is 5. The fourth-order valence-corrected chi connectivity index (χ4v) is 15.7. The molecule has 0 unspecified atom stereocenters. The molecule has 4 amide bonds. The van der Waals surface area contributed by atoms with E-state index in [1.165, 1.54) is 10.9 Å². The second-order valence-electron chi connectivity index (χ2n) is 32.5. The van der Waals surface area contributed by atoms with Gasteiger partial charge in [0.15, 0.2) is 0 Å². The summed E-state index contributed by atoms with van der Waals surface area (Å²) in [4.78, 5) is 81.1. The second kappa shape index (κ2) is 36.2. The van der Waals surface area contributed by atoms with Crippen LogP contribution in [-0.2, 0) is 25.7 Å². The van der Waals surface area contributed by atoms with Crippen molar-refractivity contribution in [3.8, 4) is 64.7 Å². The lowest BCUT2D eigenvalue weighted by Gasteiger charge is -2.33. The Kier molecular flexibility index (Phi) is 28.1. The van der Waals surface area contributed by atoms with Crippen molar-refractivity contribution < 1.29 is 38.6 Å². The van der Waals surface area contributed by atoms with Crippen LogP contribution in [0, 0.1) is 0 Å². The van der Waals surface area contributed by atoms with Crippen molar-refractivity contribution in [2.24, 2.45) is 5.73 Å². The Balaban J connectivity index is 0.000000174. The first-order valence-electron chi connectivity index (χ1n) is 36.6. The number of hydrogen-bond acceptors (Lipinski definition) is 15. The van der Waals surface area contributed by atoms with Crippen LogP contribution in [0.5, 0.6) is 0 Å². The number of alkyl carbamates (subject to hydrolysis) is 2. The molecule has 0 bridgehead atoms. The average molecular weight is 1580 g/mol. The van der Waals surface area contributed by atoms with Crippen LogP contribution in [0.4, 0.5) is 9.59 Å². The maximum Gasteiger partial charge on any atom is 0.407 e. The molecule has 23 heteroatoms. The first kappa shape index (κ1) is 84.0. The third-order valence-electron chi connectivity index (χ3n) is 18.2. The summed E-state index contributed by atoms with van der Waals surface area (Å²) in [6.45, 7) is 35.0. The first-order chi connectivity index (χ1) is 50.7. The van der Waals surface area contributed by atoms with Crippen LogP contribution >= 0.6 is 68.8 Å². The fourth-order valence-electron chi connectivity index (χ4n) is 12.1. The summed E-state index contributed by atoms with van der Waals surface area (Å²) in [6.07, 6.45) is 9.88. The molecule has 3 saturated heterocycles. The van der Waals surface area contributed by atoms with Crippen molar-refractivity contribution in [2.75, 3.05) is 39.3 Å². The molecule has 0 atom stereocenters. The molecule has 0 saturated carbocycles. The van der Waals surface area contributed by atoms with E-state index in [1.807, 2.05) is 118 Å². The lowest BCUT2D eigenvalue weighted by molar-refractivity contribution is 0.0466. The fraction of sp³-hybridized carbons (Fsp3) is 0.412. The van der Waals surface area contributed by atoms with E-state index >= 15 is 0 Å². The quantitative estimate of drug-likeness (QED) is 0.0812. The highest BCUT2D eigenvalue weighted by Gasteiger charge is 2.29. The van der Waals surface area contributed by atoms with Gasteiger partial charge in [0.25, 0.3) is 11.8 Å². The SMILES string of the molecule is CC(C)(C)OC(=O)NC1CCN(C(=O)c2ccc(-c3csc(-c4ccnc(C(C)(C)C)c4)c3)c(Cl)c2)CC1.CC(C)(C)OC(=O)NC1CCNCC1.CC(C)(C)c1cc(-c2cc(-c3ccc(C(=O)N4CCC(N)CC4)cc3Cl)cs2)ccn1.CC(C)(C)c1cc(-c2cc(-c3ccc(C(=O)O)cc3Cl)cs2)ccn1. The summed E-state index contributed by atoms with van der Waals surface area (Å²) in [6, 6.07) is 35.3. The minimum atomic E-state index is -0.981. The Labute approximate surface area is 663 Å². The summed E-state index contributed by atoms with van der Waals surface area (Å²) >= 11 is 24.6. The molecule has 6 aromatic heterocycles. The van der Waals surface area contributed by atoms with Crippen molar-refractivity contribution >= 4 is 98.8 Å². The molecule has 108 heavy (non-hydrogen) atoms. The molecule has 574 valence electrons. The zero-order valence-corrected chi connectivity index (χ0v) is 69.3. The lowest BCUT2D eigenvalue weighted by Crippen LogP contribution is -2.47. The van der Waals surface area contributed by atoms with Crippen molar-refractivity contribution in [2.45, 2.75) is 188 Å². The summed E-state index contributed by atoms with van der Waals surface area (Å²) in [5.41, 5.74) is 18.7. The minimum Gasteiger partial charge on any atom is -0.478 e. The lowest BCUT2D eigenvalue weighted by atomic mass is 9.90. The van der Waals surface area contributed by atoms with Crippen LogP contribution < -0.4 is 21.7 Å². The number of nitrogens with two attached hydrogens (primary N) is 1.